The number of anilines is 2. The average Bonchev–Trinajstić information content (AvgIpc) is 2.77. The lowest BCUT2D eigenvalue weighted by Gasteiger charge is -2.09. The summed E-state index contributed by atoms with van der Waals surface area (Å²) in [4.78, 5) is 33.0. The fraction of sp³-hybridized carbons (Fsp3) is 0.435. The zero-order chi connectivity index (χ0) is 23.3. The lowest BCUT2D eigenvalue weighted by Crippen LogP contribution is -2.07. The highest BCUT2D eigenvalue weighted by Crippen LogP contribution is 2.28. The van der Waals surface area contributed by atoms with Gasteiger partial charge in [0.15, 0.2) is 0 Å². The summed E-state index contributed by atoms with van der Waals surface area (Å²) in [6.45, 7) is 2.54. The fourth-order valence-electron chi connectivity index (χ4n) is 3.25. The quantitative estimate of drug-likeness (QED) is 0.152. The van der Waals surface area contributed by atoms with Crippen LogP contribution in [-0.4, -0.2) is 22.4 Å². The number of rotatable bonds is 14. The van der Waals surface area contributed by atoms with Gasteiger partial charge in [0.25, 0.3) is 11.4 Å². The molecule has 9 nitrogen and oxygen atoms in total. The fourth-order valence-corrected chi connectivity index (χ4v) is 3.25. The highest BCUT2D eigenvalue weighted by Gasteiger charge is 2.17. The predicted octanol–water partition coefficient (Wildman–Crippen LogP) is 6.54. The molecule has 172 valence electrons. The summed E-state index contributed by atoms with van der Waals surface area (Å²) in [7, 11) is 0. The molecule has 0 radical (unpaired) electrons. The largest absolute Gasteiger partial charge is 0.462 e. The van der Waals surface area contributed by atoms with Gasteiger partial charge in [-0.05, 0) is 24.6 Å². The van der Waals surface area contributed by atoms with Gasteiger partial charge in [0.05, 0.1) is 33.8 Å². The van der Waals surface area contributed by atoms with Crippen LogP contribution in [0.5, 0.6) is 0 Å². The number of esters is 1. The summed E-state index contributed by atoms with van der Waals surface area (Å²) >= 11 is 0. The number of ether oxygens (including phenoxy) is 1. The van der Waals surface area contributed by atoms with Crippen molar-refractivity contribution in [1.82, 2.24) is 0 Å². The van der Waals surface area contributed by atoms with Crippen LogP contribution in [0.2, 0.25) is 0 Å². The second-order valence-corrected chi connectivity index (χ2v) is 7.57. The molecule has 2 aromatic carbocycles. The normalized spacial score (nSPS) is 10.5. The number of nitro benzene ring substituents is 2. The molecule has 0 saturated heterocycles. The molecule has 0 aromatic heterocycles. The smallest absolute Gasteiger partial charge is 0.338 e. The maximum absolute atomic E-state index is 12.3. The Labute approximate surface area is 187 Å². The van der Waals surface area contributed by atoms with E-state index in [2.05, 4.69) is 12.2 Å². The number of carbonyl (C=O) groups excluding carboxylic acids is 1. The summed E-state index contributed by atoms with van der Waals surface area (Å²) in [5.74, 6) is -0.457. The standard InChI is InChI=1S/C23H29N3O6/c1-2-3-4-5-6-7-8-9-13-32-23(27)18-11-10-12-19(14-18)24-20-15-21(25(28)29)17-22(16-20)26(30)31/h10-12,14-17,24H,2-9,13H2,1H3. The van der Waals surface area contributed by atoms with Gasteiger partial charge in [0.2, 0.25) is 0 Å². The van der Waals surface area contributed by atoms with E-state index in [1.807, 2.05) is 0 Å². The van der Waals surface area contributed by atoms with E-state index in [0.717, 1.165) is 25.3 Å². The molecule has 1 N–H and O–H groups in total. The summed E-state index contributed by atoms with van der Waals surface area (Å²) in [6, 6.07) is 9.73. The molecule has 9 heteroatoms. The number of nitro groups is 2. The molecule has 0 fully saturated rings. The molecule has 0 bridgehead atoms. The van der Waals surface area contributed by atoms with Gasteiger partial charge in [-0.1, -0.05) is 57.9 Å². The molecule has 0 aliphatic rings. The van der Waals surface area contributed by atoms with Crippen molar-refractivity contribution in [2.45, 2.75) is 58.3 Å². The Morgan fingerprint density at radius 2 is 1.44 bits per heavy atom. The number of nitrogens with zero attached hydrogens (tertiary/aromatic N) is 2. The van der Waals surface area contributed by atoms with Gasteiger partial charge < -0.3 is 10.1 Å². The van der Waals surface area contributed by atoms with Gasteiger partial charge in [-0.3, -0.25) is 20.2 Å². The molecule has 2 rings (SSSR count). The third-order valence-corrected chi connectivity index (χ3v) is 4.94. The molecule has 0 atom stereocenters. The Balaban J connectivity index is 1.89. The number of benzene rings is 2. The topological polar surface area (TPSA) is 125 Å². The minimum Gasteiger partial charge on any atom is -0.462 e. The van der Waals surface area contributed by atoms with Crippen LogP contribution in [-0.2, 0) is 4.74 Å². The highest BCUT2D eigenvalue weighted by molar-refractivity contribution is 5.90. The van der Waals surface area contributed by atoms with E-state index in [-0.39, 0.29) is 5.69 Å². The van der Waals surface area contributed by atoms with Crippen LogP contribution >= 0.6 is 0 Å². The Morgan fingerprint density at radius 3 is 2.03 bits per heavy atom. The number of non-ortho nitro benzene ring substituents is 2. The zero-order valence-corrected chi connectivity index (χ0v) is 18.2. The van der Waals surface area contributed by atoms with Gasteiger partial charge in [-0.25, -0.2) is 4.79 Å². The van der Waals surface area contributed by atoms with Crippen molar-refractivity contribution in [2.24, 2.45) is 0 Å². The van der Waals surface area contributed by atoms with Crippen LogP contribution in [0.15, 0.2) is 42.5 Å². The molecular weight excluding hydrogens is 414 g/mol. The van der Waals surface area contributed by atoms with Crippen molar-refractivity contribution in [3.63, 3.8) is 0 Å². The van der Waals surface area contributed by atoms with Crippen molar-refractivity contribution in [2.75, 3.05) is 11.9 Å². The lowest BCUT2D eigenvalue weighted by atomic mass is 10.1. The van der Waals surface area contributed by atoms with Crippen LogP contribution in [0.4, 0.5) is 22.7 Å². The Hall–Kier alpha value is -3.49. The van der Waals surface area contributed by atoms with E-state index >= 15 is 0 Å². The van der Waals surface area contributed by atoms with Gasteiger partial charge >= 0.3 is 5.97 Å². The molecule has 0 saturated carbocycles. The first kappa shape index (κ1) is 24.8. The highest BCUT2D eigenvalue weighted by atomic mass is 16.6. The third kappa shape index (κ3) is 8.33. The number of unbranched alkanes of at least 4 members (excludes halogenated alkanes) is 7. The summed E-state index contributed by atoms with van der Waals surface area (Å²) in [5, 5.41) is 25.0. The predicted molar refractivity (Wildman–Crippen MR) is 122 cm³/mol. The van der Waals surface area contributed by atoms with Gasteiger partial charge in [0.1, 0.15) is 0 Å². The van der Waals surface area contributed by atoms with Gasteiger partial charge in [0, 0.05) is 17.8 Å². The molecule has 0 aliphatic heterocycles. The second kappa shape index (κ2) is 13.0. The van der Waals surface area contributed by atoms with Crippen molar-refractivity contribution in [1.29, 1.82) is 0 Å². The number of hydrogen-bond acceptors (Lipinski definition) is 7. The zero-order valence-electron chi connectivity index (χ0n) is 18.2. The first-order chi connectivity index (χ1) is 15.4. The van der Waals surface area contributed by atoms with Crippen molar-refractivity contribution >= 4 is 28.7 Å². The van der Waals surface area contributed by atoms with E-state index < -0.39 is 27.2 Å². The van der Waals surface area contributed by atoms with Crippen LogP contribution < -0.4 is 5.32 Å². The van der Waals surface area contributed by atoms with E-state index in [9.17, 15) is 25.0 Å². The van der Waals surface area contributed by atoms with E-state index in [1.54, 1.807) is 24.3 Å². The van der Waals surface area contributed by atoms with Crippen molar-refractivity contribution in [3.8, 4) is 0 Å². The Kier molecular flexibility index (Phi) is 10.1. The summed E-state index contributed by atoms with van der Waals surface area (Å²) in [6.07, 6.45) is 9.22. The maximum Gasteiger partial charge on any atom is 0.338 e. The molecule has 0 spiro atoms. The van der Waals surface area contributed by atoms with E-state index in [1.165, 1.54) is 44.2 Å². The molecule has 2 aromatic rings. The molecule has 0 aliphatic carbocycles. The molecular formula is C23H29N3O6. The Morgan fingerprint density at radius 1 is 0.844 bits per heavy atom. The van der Waals surface area contributed by atoms with Crippen LogP contribution in [0.3, 0.4) is 0 Å². The molecule has 0 amide bonds. The minimum absolute atomic E-state index is 0.176. The Bertz CT molecular complexity index is 899. The van der Waals surface area contributed by atoms with E-state index in [0.29, 0.717) is 17.9 Å². The second-order valence-electron chi connectivity index (χ2n) is 7.57. The minimum atomic E-state index is -0.697. The van der Waals surface area contributed by atoms with Crippen molar-refractivity contribution in [3.05, 3.63) is 68.3 Å². The monoisotopic (exact) mass is 443 g/mol. The maximum atomic E-state index is 12.3. The number of nitrogens with one attached hydrogen (secondary N) is 1. The third-order valence-electron chi connectivity index (χ3n) is 4.94. The SMILES string of the molecule is CCCCCCCCCCOC(=O)c1cccc(Nc2cc([N+](=O)[O-])cc([N+](=O)[O-])c2)c1. The summed E-state index contributed by atoms with van der Waals surface area (Å²) in [5.41, 5.74) is 0.163. The van der Waals surface area contributed by atoms with Crippen molar-refractivity contribution < 1.29 is 19.4 Å². The lowest BCUT2D eigenvalue weighted by molar-refractivity contribution is -0.394. The number of hydrogen-bond donors (Lipinski definition) is 1. The van der Waals surface area contributed by atoms with Gasteiger partial charge in [-0.2, -0.15) is 0 Å². The first-order valence-electron chi connectivity index (χ1n) is 10.9. The van der Waals surface area contributed by atoms with E-state index in [4.69, 9.17) is 4.74 Å². The molecule has 0 unspecified atom stereocenters. The average molecular weight is 444 g/mol. The first-order valence-corrected chi connectivity index (χ1v) is 10.9. The molecule has 0 heterocycles. The van der Waals surface area contributed by atoms with Crippen LogP contribution in [0.25, 0.3) is 0 Å². The number of carbonyl (C=O) groups is 1. The summed E-state index contributed by atoms with van der Waals surface area (Å²) < 4.78 is 5.33. The van der Waals surface area contributed by atoms with Crippen LogP contribution in [0.1, 0.15) is 68.6 Å². The molecule has 32 heavy (non-hydrogen) atoms. The van der Waals surface area contributed by atoms with Crippen LogP contribution in [0, 0.1) is 20.2 Å². The van der Waals surface area contributed by atoms with Gasteiger partial charge in [-0.15, -0.1) is 0 Å².